The quantitative estimate of drug-likeness (QED) is 0.836. The Labute approximate surface area is 164 Å². The molecule has 2 heterocycles. The molecule has 0 unspecified atom stereocenters. The first-order chi connectivity index (χ1) is 12.5. The third-order valence-corrected chi connectivity index (χ3v) is 6.31. The standard InChI is InChI=1S/C20H29N3O3S/c1-19(2,3)17(26)23-8-6-12(7-9-23)16(25)22-18-21-13-10-20(4,5)11-14(24)15(13)27-18/h12H,6-11H2,1-5H3,(H,21,22,25). The van der Waals surface area contributed by atoms with E-state index in [4.69, 9.17) is 0 Å². The summed E-state index contributed by atoms with van der Waals surface area (Å²) in [5, 5.41) is 3.42. The second-order valence-corrected chi connectivity index (χ2v) is 10.5. The summed E-state index contributed by atoms with van der Waals surface area (Å²) in [6, 6.07) is 0. The third-order valence-electron chi connectivity index (χ3n) is 5.26. The number of Topliss-reactive ketones (excluding diaryl/α,β-unsaturated/α-hetero) is 1. The molecule has 148 valence electrons. The molecular weight excluding hydrogens is 362 g/mol. The third kappa shape index (κ3) is 4.39. The second-order valence-electron chi connectivity index (χ2n) is 9.54. The molecule has 0 aromatic carbocycles. The Bertz CT molecular complexity index is 768. The van der Waals surface area contributed by atoms with Crippen molar-refractivity contribution in [3.05, 3.63) is 10.6 Å². The highest BCUT2D eigenvalue weighted by Gasteiger charge is 2.35. The van der Waals surface area contributed by atoms with E-state index >= 15 is 0 Å². The van der Waals surface area contributed by atoms with Crippen molar-refractivity contribution in [2.45, 2.75) is 60.3 Å². The molecule has 1 aromatic heterocycles. The number of ketones is 1. The van der Waals surface area contributed by atoms with Crippen molar-refractivity contribution in [1.29, 1.82) is 0 Å². The van der Waals surface area contributed by atoms with Crippen molar-refractivity contribution in [3.63, 3.8) is 0 Å². The number of fused-ring (bicyclic) bond motifs is 1. The van der Waals surface area contributed by atoms with Gasteiger partial charge in [0.2, 0.25) is 11.8 Å². The molecule has 3 rings (SSSR count). The van der Waals surface area contributed by atoms with E-state index in [1.54, 1.807) is 0 Å². The van der Waals surface area contributed by atoms with Crippen LogP contribution in [-0.4, -0.2) is 40.6 Å². The van der Waals surface area contributed by atoms with E-state index in [2.05, 4.69) is 24.1 Å². The van der Waals surface area contributed by atoms with Gasteiger partial charge in [0.25, 0.3) is 0 Å². The van der Waals surface area contributed by atoms with E-state index < -0.39 is 5.41 Å². The molecule has 2 amide bonds. The van der Waals surface area contributed by atoms with Gasteiger partial charge in [-0.2, -0.15) is 0 Å². The van der Waals surface area contributed by atoms with Gasteiger partial charge in [-0.3, -0.25) is 14.4 Å². The summed E-state index contributed by atoms with van der Waals surface area (Å²) >= 11 is 1.29. The van der Waals surface area contributed by atoms with Crippen LogP contribution in [0.1, 0.15) is 69.2 Å². The van der Waals surface area contributed by atoms with E-state index in [0.29, 0.717) is 42.4 Å². The first-order valence-corrected chi connectivity index (χ1v) is 10.4. The Morgan fingerprint density at radius 1 is 1.19 bits per heavy atom. The fourth-order valence-electron chi connectivity index (χ4n) is 3.80. The zero-order valence-electron chi connectivity index (χ0n) is 16.8. The van der Waals surface area contributed by atoms with Crippen LogP contribution >= 0.6 is 11.3 Å². The summed E-state index contributed by atoms with van der Waals surface area (Å²) in [6.07, 6.45) is 2.60. The van der Waals surface area contributed by atoms with Gasteiger partial charge in [-0.1, -0.05) is 46.0 Å². The lowest BCUT2D eigenvalue weighted by Gasteiger charge is -2.35. The largest absolute Gasteiger partial charge is 0.342 e. The number of hydrogen-bond donors (Lipinski definition) is 1. The monoisotopic (exact) mass is 391 g/mol. The van der Waals surface area contributed by atoms with Crippen molar-refractivity contribution in [3.8, 4) is 0 Å². The fourth-order valence-corrected chi connectivity index (χ4v) is 4.72. The van der Waals surface area contributed by atoms with Gasteiger partial charge in [0.15, 0.2) is 10.9 Å². The van der Waals surface area contributed by atoms with Crippen molar-refractivity contribution >= 4 is 34.1 Å². The molecule has 2 aliphatic rings. The zero-order chi connectivity index (χ0) is 20.0. The molecule has 6 nitrogen and oxygen atoms in total. The number of rotatable bonds is 2. The number of thiazole rings is 1. The maximum Gasteiger partial charge on any atom is 0.229 e. The van der Waals surface area contributed by atoms with E-state index in [0.717, 1.165) is 12.1 Å². The Balaban J connectivity index is 1.60. The summed E-state index contributed by atoms with van der Waals surface area (Å²) in [7, 11) is 0. The number of amides is 2. The number of piperidine rings is 1. The molecule has 1 aromatic rings. The number of anilines is 1. The van der Waals surface area contributed by atoms with Crippen LogP contribution < -0.4 is 5.32 Å². The highest BCUT2D eigenvalue weighted by molar-refractivity contribution is 7.17. The smallest absolute Gasteiger partial charge is 0.229 e. The average Bonchev–Trinajstić information content (AvgIpc) is 2.94. The molecule has 1 fully saturated rings. The normalized spacial score (nSPS) is 20.3. The number of nitrogens with one attached hydrogen (secondary N) is 1. The SMILES string of the molecule is CC1(C)CC(=O)c2sc(NC(=O)C3CCN(C(=O)C(C)(C)C)CC3)nc2C1. The van der Waals surface area contributed by atoms with Gasteiger partial charge in [0.05, 0.1) is 10.6 Å². The van der Waals surface area contributed by atoms with Crippen molar-refractivity contribution in [1.82, 2.24) is 9.88 Å². The van der Waals surface area contributed by atoms with Gasteiger partial charge < -0.3 is 10.2 Å². The van der Waals surface area contributed by atoms with Crippen molar-refractivity contribution < 1.29 is 14.4 Å². The summed E-state index contributed by atoms with van der Waals surface area (Å²) in [4.78, 5) is 44.4. The first kappa shape index (κ1) is 20.0. The summed E-state index contributed by atoms with van der Waals surface area (Å²) < 4.78 is 0. The van der Waals surface area contributed by atoms with Crippen LogP contribution in [0.3, 0.4) is 0 Å². The number of likely N-dealkylation sites (tertiary alicyclic amines) is 1. The molecule has 0 radical (unpaired) electrons. The average molecular weight is 392 g/mol. The Morgan fingerprint density at radius 2 is 1.81 bits per heavy atom. The predicted octanol–water partition coefficient (Wildman–Crippen LogP) is 3.52. The van der Waals surface area contributed by atoms with Gasteiger partial charge in [0, 0.05) is 30.8 Å². The lowest BCUT2D eigenvalue weighted by atomic mass is 9.78. The molecule has 7 heteroatoms. The van der Waals surface area contributed by atoms with E-state index in [9.17, 15) is 14.4 Å². The molecule has 0 spiro atoms. The van der Waals surface area contributed by atoms with Crippen molar-refractivity contribution in [2.24, 2.45) is 16.7 Å². The maximum atomic E-state index is 12.6. The molecule has 1 N–H and O–H groups in total. The first-order valence-electron chi connectivity index (χ1n) is 9.59. The van der Waals surface area contributed by atoms with E-state index in [1.807, 2.05) is 25.7 Å². The molecule has 0 atom stereocenters. The summed E-state index contributed by atoms with van der Waals surface area (Å²) in [6.45, 7) is 11.1. The number of carbonyl (C=O) groups is 3. The Morgan fingerprint density at radius 3 is 2.41 bits per heavy atom. The fraction of sp³-hybridized carbons (Fsp3) is 0.700. The van der Waals surface area contributed by atoms with Gasteiger partial charge >= 0.3 is 0 Å². The molecule has 27 heavy (non-hydrogen) atoms. The predicted molar refractivity (Wildman–Crippen MR) is 106 cm³/mol. The van der Waals surface area contributed by atoms with E-state index in [1.165, 1.54) is 11.3 Å². The lowest BCUT2D eigenvalue weighted by Crippen LogP contribution is -2.45. The minimum Gasteiger partial charge on any atom is -0.342 e. The van der Waals surface area contributed by atoms with Crippen LogP contribution in [0.4, 0.5) is 5.13 Å². The van der Waals surface area contributed by atoms with Gasteiger partial charge in [0.1, 0.15) is 0 Å². The van der Waals surface area contributed by atoms with Crippen LogP contribution in [0, 0.1) is 16.7 Å². The number of carbonyl (C=O) groups excluding carboxylic acids is 3. The molecule has 1 saturated heterocycles. The van der Waals surface area contributed by atoms with Crippen LogP contribution in [0.5, 0.6) is 0 Å². The minimum absolute atomic E-state index is 0.0596. The number of aromatic nitrogens is 1. The van der Waals surface area contributed by atoms with Gasteiger partial charge in [-0.25, -0.2) is 4.98 Å². The van der Waals surface area contributed by atoms with Gasteiger partial charge in [-0.05, 0) is 24.7 Å². The van der Waals surface area contributed by atoms with Crippen LogP contribution in [0.2, 0.25) is 0 Å². The van der Waals surface area contributed by atoms with E-state index in [-0.39, 0.29) is 28.9 Å². The topological polar surface area (TPSA) is 79.4 Å². The van der Waals surface area contributed by atoms with Crippen molar-refractivity contribution in [2.75, 3.05) is 18.4 Å². The molecule has 1 aliphatic carbocycles. The van der Waals surface area contributed by atoms with Crippen LogP contribution in [0.25, 0.3) is 0 Å². The summed E-state index contributed by atoms with van der Waals surface area (Å²) in [5.41, 5.74) is 0.337. The molecule has 1 aliphatic heterocycles. The number of hydrogen-bond acceptors (Lipinski definition) is 5. The Kier molecular flexibility index (Phi) is 5.18. The number of nitrogens with zero attached hydrogens (tertiary/aromatic N) is 2. The summed E-state index contributed by atoms with van der Waals surface area (Å²) in [5.74, 6) is 0.0705. The highest BCUT2D eigenvalue weighted by atomic mass is 32.1. The molecular formula is C20H29N3O3S. The molecule has 0 saturated carbocycles. The van der Waals surface area contributed by atoms with Crippen LogP contribution in [0.15, 0.2) is 0 Å². The minimum atomic E-state index is -0.393. The van der Waals surface area contributed by atoms with Gasteiger partial charge in [-0.15, -0.1) is 0 Å². The van der Waals surface area contributed by atoms with Crippen LogP contribution in [-0.2, 0) is 16.0 Å². The molecule has 0 bridgehead atoms. The Hall–Kier alpha value is -1.76. The second kappa shape index (κ2) is 7.00. The highest BCUT2D eigenvalue weighted by Crippen LogP contribution is 2.38. The lowest BCUT2D eigenvalue weighted by molar-refractivity contribution is -0.142. The maximum absolute atomic E-state index is 12.6. The zero-order valence-corrected chi connectivity index (χ0v) is 17.7.